The van der Waals surface area contributed by atoms with Crippen molar-refractivity contribution in [2.45, 2.75) is 6.54 Å². The molecule has 3 nitrogen and oxygen atoms in total. The Balaban J connectivity index is 2.60. The molecule has 2 rings (SSSR count). The molecule has 2 aromatic rings. The van der Waals surface area contributed by atoms with E-state index in [-0.39, 0.29) is 12.1 Å². The molecule has 0 aliphatic carbocycles. The van der Waals surface area contributed by atoms with E-state index in [1.54, 1.807) is 11.6 Å². The van der Waals surface area contributed by atoms with Crippen LogP contribution in [0.25, 0.3) is 11.3 Å². The summed E-state index contributed by atoms with van der Waals surface area (Å²) in [5.41, 5.74) is 6.18. The summed E-state index contributed by atoms with van der Waals surface area (Å²) in [5.74, 6) is -0.639. The lowest BCUT2D eigenvalue weighted by molar-refractivity contribution is 0.585. The van der Waals surface area contributed by atoms with Gasteiger partial charge in [0.2, 0.25) is 0 Å². The fourth-order valence-corrected chi connectivity index (χ4v) is 2.06. The molecule has 0 radical (unpaired) electrons. The first-order valence-corrected chi connectivity index (χ1v) is 5.70. The Kier molecular flexibility index (Phi) is 3.26. The van der Waals surface area contributed by atoms with E-state index in [1.807, 2.05) is 0 Å². The van der Waals surface area contributed by atoms with Gasteiger partial charge in [0.05, 0.1) is 6.54 Å². The van der Waals surface area contributed by atoms with Crippen LogP contribution in [-0.4, -0.2) is 9.55 Å². The molecule has 0 saturated heterocycles. The predicted molar refractivity (Wildman–Crippen MR) is 64.2 cm³/mol. The minimum Gasteiger partial charge on any atom is -0.324 e. The van der Waals surface area contributed by atoms with Gasteiger partial charge in [0, 0.05) is 18.7 Å². The largest absolute Gasteiger partial charge is 0.324 e. The quantitative estimate of drug-likeness (QED) is 0.926. The van der Waals surface area contributed by atoms with E-state index in [1.165, 1.54) is 12.1 Å². The Bertz CT molecular complexity index is 566. The standard InChI is InChI=1S/C11H10BrF2N3/c1-17-9(5-15)16-10(11(17)12)7-3-2-6(13)4-8(7)14/h2-4H,5,15H2,1H3. The van der Waals surface area contributed by atoms with Crippen LogP contribution in [0.15, 0.2) is 22.8 Å². The molecule has 0 aliphatic rings. The van der Waals surface area contributed by atoms with Crippen molar-refractivity contribution in [2.24, 2.45) is 12.8 Å². The summed E-state index contributed by atoms with van der Waals surface area (Å²) in [4.78, 5) is 4.22. The van der Waals surface area contributed by atoms with Gasteiger partial charge >= 0.3 is 0 Å². The molecule has 6 heteroatoms. The van der Waals surface area contributed by atoms with E-state index in [2.05, 4.69) is 20.9 Å². The van der Waals surface area contributed by atoms with Gasteiger partial charge in [-0.3, -0.25) is 0 Å². The molecule has 1 heterocycles. The molecule has 1 aromatic carbocycles. The summed E-state index contributed by atoms with van der Waals surface area (Å²) in [6.45, 7) is 0.248. The van der Waals surface area contributed by atoms with E-state index in [0.29, 0.717) is 16.1 Å². The fraction of sp³-hybridized carbons (Fsp3) is 0.182. The summed E-state index contributed by atoms with van der Waals surface area (Å²) in [7, 11) is 1.77. The second-order valence-corrected chi connectivity index (χ2v) is 4.31. The van der Waals surface area contributed by atoms with Gasteiger partial charge < -0.3 is 10.3 Å². The van der Waals surface area contributed by atoms with E-state index in [4.69, 9.17) is 5.73 Å². The zero-order valence-corrected chi connectivity index (χ0v) is 10.6. The molecule has 0 amide bonds. The van der Waals surface area contributed by atoms with Crippen LogP contribution in [0.5, 0.6) is 0 Å². The zero-order chi connectivity index (χ0) is 12.6. The number of nitrogens with two attached hydrogens (primary N) is 1. The highest BCUT2D eigenvalue weighted by Gasteiger charge is 2.16. The number of rotatable bonds is 2. The van der Waals surface area contributed by atoms with Crippen molar-refractivity contribution in [1.29, 1.82) is 0 Å². The van der Waals surface area contributed by atoms with Gasteiger partial charge in [0.25, 0.3) is 0 Å². The molecule has 90 valence electrons. The Morgan fingerprint density at radius 2 is 2.12 bits per heavy atom. The monoisotopic (exact) mass is 301 g/mol. The van der Waals surface area contributed by atoms with Crippen molar-refractivity contribution in [3.63, 3.8) is 0 Å². The van der Waals surface area contributed by atoms with Crippen molar-refractivity contribution in [3.05, 3.63) is 40.3 Å². The summed E-state index contributed by atoms with van der Waals surface area (Å²) >= 11 is 3.32. The minimum absolute atomic E-state index is 0.244. The highest BCUT2D eigenvalue weighted by atomic mass is 79.9. The van der Waals surface area contributed by atoms with E-state index in [0.717, 1.165) is 6.07 Å². The first kappa shape index (κ1) is 12.2. The van der Waals surface area contributed by atoms with Crippen molar-refractivity contribution in [1.82, 2.24) is 9.55 Å². The van der Waals surface area contributed by atoms with Crippen LogP contribution >= 0.6 is 15.9 Å². The van der Waals surface area contributed by atoms with E-state index in [9.17, 15) is 8.78 Å². The topological polar surface area (TPSA) is 43.8 Å². The average molecular weight is 302 g/mol. The van der Waals surface area contributed by atoms with Crippen LogP contribution in [0.2, 0.25) is 0 Å². The van der Waals surface area contributed by atoms with Gasteiger partial charge in [-0.25, -0.2) is 13.8 Å². The van der Waals surface area contributed by atoms with Gasteiger partial charge in [-0.15, -0.1) is 0 Å². The number of hydrogen-bond donors (Lipinski definition) is 1. The molecule has 0 fully saturated rings. The Morgan fingerprint density at radius 3 is 2.65 bits per heavy atom. The Labute approximate surface area is 105 Å². The highest BCUT2D eigenvalue weighted by Crippen LogP contribution is 2.30. The van der Waals surface area contributed by atoms with Crippen molar-refractivity contribution < 1.29 is 8.78 Å². The maximum absolute atomic E-state index is 13.6. The number of hydrogen-bond acceptors (Lipinski definition) is 2. The van der Waals surface area contributed by atoms with Crippen LogP contribution in [0.1, 0.15) is 5.82 Å². The maximum Gasteiger partial charge on any atom is 0.135 e. The number of halogens is 3. The van der Waals surface area contributed by atoms with Crippen LogP contribution in [-0.2, 0) is 13.6 Å². The molecule has 2 N–H and O–H groups in total. The lowest BCUT2D eigenvalue weighted by atomic mass is 10.1. The molecule has 0 bridgehead atoms. The normalized spacial score (nSPS) is 10.9. The summed E-state index contributed by atoms with van der Waals surface area (Å²) in [5, 5.41) is 0. The SMILES string of the molecule is Cn1c(CN)nc(-c2ccc(F)cc2F)c1Br. The molecule has 0 unspecified atom stereocenters. The zero-order valence-electron chi connectivity index (χ0n) is 9.04. The van der Waals surface area contributed by atoms with E-state index >= 15 is 0 Å². The Morgan fingerprint density at radius 1 is 1.41 bits per heavy atom. The number of imidazole rings is 1. The number of benzene rings is 1. The van der Waals surface area contributed by atoms with Gasteiger partial charge in [-0.05, 0) is 28.1 Å². The van der Waals surface area contributed by atoms with Gasteiger partial charge in [0.1, 0.15) is 27.8 Å². The lowest BCUT2D eigenvalue weighted by Gasteiger charge is -2.01. The third-order valence-corrected chi connectivity index (χ3v) is 3.39. The molecular weight excluding hydrogens is 292 g/mol. The molecule has 0 aliphatic heterocycles. The van der Waals surface area contributed by atoms with Crippen LogP contribution in [0.3, 0.4) is 0 Å². The lowest BCUT2D eigenvalue weighted by Crippen LogP contribution is -2.04. The smallest absolute Gasteiger partial charge is 0.135 e. The third-order valence-electron chi connectivity index (χ3n) is 2.49. The number of aromatic nitrogens is 2. The first-order chi connectivity index (χ1) is 8.04. The van der Waals surface area contributed by atoms with Crippen LogP contribution < -0.4 is 5.73 Å². The van der Waals surface area contributed by atoms with Crippen LogP contribution in [0.4, 0.5) is 8.78 Å². The highest BCUT2D eigenvalue weighted by molar-refractivity contribution is 9.10. The van der Waals surface area contributed by atoms with Crippen molar-refractivity contribution >= 4 is 15.9 Å². The third kappa shape index (κ3) is 2.10. The van der Waals surface area contributed by atoms with Gasteiger partial charge in [-0.1, -0.05) is 0 Å². The maximum atomic E-state index is 13.6. The second kappa shape index (κ2) is 4.54. The summed E-state index contributed by atoms with van der Waals surface area (Å²) in [6, 6.07) is 3.39. The Hall–Kier alpha value is -1.27. The molecule has 17 heavy (non-hydrogen) atoms. The fourth-order valence-electron chi connectivity index (χ4n) is 1.56. The summed E-state index contributed by atoms with van der Waals surface area (Å²) < 4.78 is 28.8. The predicted octanol–water partition coefficient (Wildman–Crippen LogP) is 2.59. The average Bonchev–Trinajstić information content (AvgIpc) is 2.57. The molecule has 0 spiro atoms. The molecule has 0 saturated carbocycles. The van der Waals surface area contributed by atoms with Crippen LogP contribution in [0, 0.1) is 11.6 Å². The molecule has 0 atom stereocenters. The number of nitrogens with zero attached hydrogens (tertiary/aromatic N) is 2. The molecule has 1 aromatic heterocycles. The van der Waals surface area contributed by atoms with Gasteiger partial charge in [0.15, 0.2) is 0 Å². The summed E-state index contributed by atoms with van der Waals surface area (Å²) in [6.07, 6.45) is 0. The molecular formula is C11H10BrF2N3. The van der Waals surface area contributed by atoms with Crippen molar-refractivity contribution in [3.8, 4) is 11.3 Å². The second-order valence-electron chi connectivity index (χ2n) is 3.55. The minimum atomic E-state index is -0.646. The van der Waals surface area contributed by atoms with Crippen molar-refractivity contribution in [2.75, 3.05) is 0 Å². The van der Waals surface area contributed by atoms with E-state index < -0.39 is 11.6 Å². The van der Waals surface area contributed by atoms with Gasteiger partial charge in [-0.2, -0.15) is 0 Å². The first-order valence-electron chi connectivity index (χ1n) is 4.91.